The lowest BCUT2D eigenvalue weighted by molar-refractivity contribution is 0.144. The third-order valence-electron chi connectivity index (χ3n) is 4.16. The molecular formula is C22H20O3. The number of carboxylic acid groups (broad SMARTS) is 1. The zero-order valence-corrected chi connectivity index (χ0v) is 14.3. The van der Waals surface area contributed by atoms with Gasteiger partial charge in [0.1, 0.15) is 5.75 Å². The summed E-state index contributed by atoms with van der Waals surface area (Å²) in [5, 5.41) is 9.02. The van der Waals surface area contributed by atoms with Crippen LogP contribution in [0.4, 0.5) is 4.79 Å². The van der Waals surface area contributed by atoms with Gasteiger partial charge in [0.2, 0.25) is 0 Å². The van der Waals surface area contributed by atoms with Crippen molar-refractivity contribution in [3.8, 4) is 28.0 Å². The summed E-state index contributed by atoms with van der Waals surface area (Å²) in [6, 6.07) is 23.6. The Morgan fingerprint density at radius 2 is 1.52 bits per heavy atom. The van der Waals surface area contributed by atoms with E-state index in [2.05, 4.69) is 26.0 Å². The fourth-order valence-electron chi connectivity index (χ4n) is 2.99. The van der Waals surface area contributed by atoms with Crippen LogP contribution < -0.4 is 4.74 Å². The van der Waals surface area contributed by atoms with E-state index < -0.39 is 6.16 Å². The fourth-order valence-corrected chi connectivity index (χ4v) is 2.99. The molecule has 25 heavy (non-hydrogen) atoms. The normalized spacial score (nSPS) is 10.7. The van der Waals surface area contributed by atoms with Gasteiger partial charge in [-0.1, -0.05) is 74.5 Å². The van der Waals surface area contributed by atoms with Crippen LogP contribution in [0.5, 0.6) is 5.75 Å². The SMILES string of the molecule is CC(C)c1ccccc1-c1ccc(OC(=O)O)c(-c2ccccc2)c1. The fraction of sp³-hybridized carbons (Fsp3) is 0.136. The topological polar surface area (TPSA) is 46.5 Å². The van der Waals surface area contributed by atoms with Crippen LogP contribution >= 0.6 is 0 Å². The maximum Gasteiger partial charge on any atom is 0.511 e. The van der Waals surface area contributed by atoms with Gasteiger partial charge in [-0.05, 0) is 40.3 Å². The number of carbonyl (C=O) groups is 1. The van der Waals surface area contributed by atoms with E-state index in [1.807, 2.05) is 54.6 Å². The zero-order chi connectivity index (χ0) is 17.8. The molecule has 3 rings (SSSR count). The Bertz CT molecular complexity index is 883. The summed E-state index contributed by atoms with van der Waals surface area (Å²) >= 11 is 0. The van der Waals surface area contributed by atoms with Crippen molar-refractivity contribution >= 4 is 6.16 Å². The highest BCUT2D eigenvalue weighted by atomic mass is 16.7. The lowest BCUT2D eigenvalue weighted by atomic mass is 9.91. The quantitative estimate of drug-likeness (QED) is 0.457. The summed E-state index contributed by atoms with van der Waals surface area (Å²) in [6.07, 6.45) is -1.31. The van der Waals surface area contributed by atoms with Crippen molar-refractivity contribution in [2.24, 2.45) is 0 Å². The molecule has 0 aliphatic heterocycles. The molecule has 0 aliphatic carbocycles. The summed E-state index contributed by atoms with van der Waals surface area (Å²) < 4.78 is 4.98. The minimum Gasteiger partial charge on any atom is -0.449 e. The van der Waals surface area contributed by atoms with Crippen molar-refractivity contribution in [2.75, 3.05) is 0 Å². The van der Waals surface area contributed by atoms with E-state index in [-0.39, 0.29) is 0 Å². The molecule has 3 aromatic carbocycles. The average molecular weight is 332 g/mol. The minimum atomic E-state index is -1.31. The molecular weight excluding hydrogens is 312 g/mol. The second-order valence-corrected chi connectivity index (χ2v) is 6.19. The first kappa shape index (κ1) is 16.8. The molecule has 3 heteroatoms. The monoisotopic (exact) mass is 332 g/mol. The van der Waals surface area contributed by atoms with Crippen molar-refractivity contribution < 1.29 is 14.6 Å². The van der Waals surface area contributed by atoms with E-state index in [1.54, 1.807) is 6.07 Å². The Morgan fingerprint density at radius 1 is 0.840 bits per heavy atom. The van der Waals surface area contributed by atoms with Crippen LogP contribution in [0.1, 0.15) is 25.3 Å². The zero-order valence-electron chi connectivity index (χ0n) is 14.3. The van der Waals surface area contributed by atoms with Crippen molar-refractivity contribution in [1.82, 2.24) is 0 Å². The molecule has 0 aliphatic rings. The number of ether oxygens (including phenoxy) is 1. The predicted molar refractivity (Wildman–Crippen MR) is 100 cm³/mol. The molecule has 0 bridgehead atoms. The van der Waals surface area contributed by atoms with E-state index in [0.717, 1.165) is 22.3 Å². The second-order valence-electron chi connectivity index (χ2n) is 6.19. The van der Waals surface area contributed by atoms with Gasteiger partial charge in [-0.2, -0.15) is 0 Å². The van der Waals surface area contributed by atoms with Gasteiger partial charge in [-0.25, -0.2) is 4.79 Å². The number of hydrogen-bond donors (Lipinski definition) is 1. The Hall–Kier alpha value is -3.07. The average Bonchev–Trinajstić information content (AvgIpc) is 2.62. The molecule has 0 fully saturated rings. The van der Waals surface area contributed by atoms with Crippen molar-refractivity contribution in [2.45, 2.75) is 19.8 Å². The molecule has 0 radical (unpaired) electrons. The predicted octanol–water partition coefficient (Wildman–Crippen LogP) is 6.20. The molecule has 1 N–H and O–H groups in total. The molecule has 0 saturated carbocycles. The Balaban J connectivity index is 2.17. The standard InChI is InChI=1S/C22H20O3/c1-15(2)18-10-6-7-11-19(18)17-12-13-21(25-22(23)24)20(14-17)16-8-4-3-5-9-16/h3-15H,1-2H3,(H,23,24). The molecule has 0 spiro atoms. The van der Waals surface area contributed by atoms with Gasteiger partial charge >= 0.3 is 6.16 Å². The molecule has 126 valence electrons. The van der Waals surface area contributed by atoms with Crippen LogP contribution in [0.15, 0.2) is 72.8 Å². The van der Waals surface area contributed by atoms with Gasteiger partial charge < -0.3 is 9.84 Å². The molecule has 0 unspecified atom stereocenters. The van der Waals surface area contributed by atoms with Gasteiger partial charge in [0.05, 0.1) is 0 Å². The van der Waals surface area contributed by atoms with Crippen LogP contribution in [0.25, 0.3) is 22.3 Å². The molecule has 0 atom stereocenters. The highest BCUT2D eigenvalue weighted by Gasteiger charge is 2.14. The molecule has 0 saturated heterocycles. The first-order valence-corrected chi connectivity index (χ1v) is 8.26. The van der Waals surface area contributed by atoms with Crippen molar-refractivity contribution in [1.29, 1.82) is 0 Å². The van der Waals surface area contributed by atoms with E-state index in [1.165, 1.54) is 5.56 Å². The van der Waals surface area contributed by atoms with E-state index in [9.17, 15) is 4.79 Å². The molecule has 3 nitrogen and oxygen atoms in total. The highest BCUT2D eigenvalue weighted by molar-refractivity contribution is 5.80. The van der Waals surface area contributed by atoms with Gasteiger partial charge in [0, 0.05) is 5.56 Å². The number of benzene rings is 3. The van der Waals surface area contributed by atoms with Crippen LogP contribution in [-0.2, 0) is 0 Å². The van der Waals surface area contributed by atoms with Crippen LogP contribution in [0.2, 0.25) is 0 Å². The highest BCUT2D eigenvalue weighted by Crippen LogP contribution is 2.36. The first-order valence-electron chi connectivity index (χ1n) is 8.26. The smallest absolute Gasteiger partial charge is 0.449 e. The van der Waals surface area contributed by atoms with Gasteiger partial charge in [0.15, 0.2) is 0 Å². The summed E-state index contributed by atoms with van der Waals surface area (Å²) in [5.41, 5.74) is 5.13. The molecule has 0 heterocycles. The maximum atomic E-state index is 11.0. The third kappa shape index (κ3) is 3.72. The Kier molecular flexibility index (Phi) is 4.85. The summed E-state index contributed by atoms with van der Waals surface area (Å²) in [7, 11) is 0. The summed E-state index contributed by atoms with van der Waals surface area (Å²) in [4.78, 5) is 11.0. The third-order valence-corrected chi connectivity index (χ3v) is 4.16. The minimum absolute atomic E-state index is 0.337. The molecule has 0 amide bonds. The lowest BCUT2D eigenvalue weighted by Gasteiger charge is -2.15. The first-order chi connectivity index (χ1) is 12.1. The summed E-state index contributed by atoms with van der Waals surface area (Å²) in [6.45, 7) is 4.33. The second kappa shape index (κ2) is 7.22. The van der Waals surface area contributed by atoms with Crippen LogP contribution in [0.3, 0.4) is 0 Å². The number of hydrogen-bond acceptors (Lipinski definition) is 2. The maximum absolute atomic E-state index is 11.0. The van der Waals surface area contributed by atoms with E-state index in [4.69, 9.17) is 9.84 Å². The van der Waals surface area contributed by atoms with Crippen molar-refractivity contribution in [3.05, 3.63) is 78.4 Å². The van der Waals surface area contributed by atoms with Gasteiger partial charge in [-0.3, -0.25) is 0 Å². The largest absolute Gasteiger partial charge is 0.511 e. The van der Waals surface area contributed by atoms with Gasteiger partial charge in [0.25, 0.3) is 0 Å². The Morgan fingerprint density at radius 3 is 2.20 bits per heavy atom. The lowest BCUT2D eigenvalue weighted by Crippen LogP contribution is -2.04. The molecule has 0 aromatic heterocycles. The van der Waals surface area contributed by atoms with Crippen LogP contribution in [0, 0.1) is 0 Å². The van der Waals surface area contributed by atoms with Gasteiger partial charge in [-0.15, -0.1) is 0 Å². The van der Waals surface area contributed by atoms with E-state index >= 15 is 0 Å². The van der Waals surface area contributed by atoms with Crippen LogP contribution in [-0.4, -0.2) is 11.3 Å². The Labute approximate surface area is 147 Å². The number of rotatable bonds is 4. The molecule has 3 aromatic rings. The van der Waals surface area contributed by atoms with E-state index in [0.29, 0.717) is 11.7 Å². The summed E-state index contributed by atoms with van der Waals surface area (Å²) in [5.74, 6) is 0.732. The van der Waals surface area contributed by atoms with Crippen molar-refractivity contribution in [3.63, 3.8) is 0 Å².